The van der Waals surface area contributed by atoms with Gasteiger partial charge in [0.25, 0.3) is 0 Å². The number of hydrogen-bond donors (Lipinski definition) is 0. The Hall–Kier alpha value is -2.38. The van der Waals surface area contributed by atoms with Crippen LogP contribution in [-0.2, 0) is 39.1 Å². The van der Waals surface area contributed by atoms with Gasteiger partial charge in [-0.1, -0.05) is 153 Å². The van der Waals surface area contributed by atoms with Crippen LogP contribution in [0.5, 0.6) is 0 Å². The summed E-state index contributed by atoms with van der Waals surface area (Å²) >= 11 is 0. The van der Waals surface area contributed by atoms with E-state index in [9.17, 15) is 0 Å². The average Bonchev–Trinajstić information content (AvgIpc) is 2.95. The van der Waals surface area contributed by atoms with E-state index >= 15 is 0 Å². The molecule has 3 aromatic carbocycles. The van der Waals surface area contributed by atoms with Crippen molar-refractivity contribution in [1.82, 2.24) is 0 Å². The Bertz CT molecular complexity index is 751. The van der Waals surface area contributed by atoms with Gasteiger partial charge in [-0.25, -0.2) is 0 Å². The first-order valence-corrected chi connectivity index (χ1v) is 11.3. The second-order valence-corrected chi connectivity index (χ2v) is 4.96. The van der Waals surface area contributed by atoms with Crippen molar-refractivity contribution in [2.45, 2.75) is 62.3 Å². The Morgan fingerprint density at radius 2 is 1.03 bits per heavy atom. The molecule has 0 heterocycles. The normalized spacial score (nSPS) is 6.59. The summed E-state index contributed by atoms with van der Waals surface area (Å²) in [5.41, 5.74) is 3.52. The molecule has 0 aromatic heterocycles. The molecule has 0 saturated carbocycles. The third-order valence-corrected chi connectivity index (χ3v) is 3.23. The Morgan fingerprint density at radius 3 is 1.24 bits per heavy atom. The van der Waals surface area contributed by atoms with Gasteiger partial charge in [-0.2, -0.15) is 0 Å². The summed E-state index contributed by atoms with van der Waals surface area (Å²) in [5.74, 6) is 2.53. The first kappa shape index (κ1) is 45.2. The van der Waals surface area contributed by atoms with Gasteiger partial charge in [0.1, 0.15) is 0 Å². The van der Waals surface area contributed by atoms with Crippen LogP contribution >= 0.6 is 0 Å². The minimum absolute atomic E-state index is 0. The molecule has 0 saturated heterocycles. The molecule has 0 fully saturated rings. The minimum atomic E-state index is 0. The molecule has 0 amide bonds. The SMILES string of the molecule is C.C#Cc1ccccc1.C=Cc1ccccc1.CC.CC.CC.CCc1ccccc1.[C-]#C.[Y]. The predicted octanol–water partition coefficient (Wildman–Crippen LogP) is 10.2. The number of hydrogen-bond acceptors (Lipinski definition) is 0. The molecule has 0 aliphatic rings. The topological polar surface area (TPSA) is 0 Å². The van der Waals surface area contributed by atoms with Crippen LogP contribution in [0.1, 0.15) is 72.6 Å². The molecule has 0 bridgehead atoms. The largest absolute Gasteiger partial charge is 0.697 e. The van der Waals surface area contributed by atoms with Crippen LogP contribution in [0.3, 0.4) is 0 Å². The third-order valence-electron chi connectivity index (χ3n) is 3.23. The number of rotatable bonds is 2. The number of benzene rings is 3. The summed E-state index contributed by atoms with van der Waals surface area (Å²) in [6.45, 7) is 17.8. The van der Waals surface area contributed by atoms with Gasteiger partial charge in [0, 0.05) is 38.3 Å². The van der Waals surface area contributed by atoms with Crippen molar-refractivity contribution in [3.8, 4) is 18.8 Å². The van der Waals surface area contributed by atoms with Crippen LogP contribution in [-0.4, -0.2) is 0 Å². The Balaban J connectivity index is -0.0000000734. The summed E-state index contributed by atoms with van der Waals surface area (Å²) < 4.78 is 0. The van der Waals surface area contributed by atoms with Gasteiger partial charge in [0.05, 0.1) is 0 Å². The van der Waals surface area contributed by atoms with Gasteiger partial charge in [-0.05, 0) is 29.7 Å². The van der Waals surface area contributed by atoms with Gasteiger partial charge in [-0.15, -0.1) is 6.42 Å². The van der Waals surface area contributed by atoms with E-state index in [1.165, 1.54) is 11.1 Å². The maximum Gasteiger partial charge on any atom is 0.0242 e. The van der Waals surface area contributed by atoms with Crippen molar-refractivity contribution in [1.29, 1.82) is 0 Å². The molecule has 1 radical (unpaired) electrons. The summed E-state index contributed by atoms with van der Waals surface area (Å²) in [5, 5.41) is 0. The van der Waals surface area contributed by atoms with E-state index in [1.54, 1.807) is 0 Å². The molecule has 0 spiro atoms. The fourth-order valence-corrected chi connectivity index (χ4v) is 1.84. The molecule has 3 aromatic rings. The zero-order chi connectivity index (χ0) is 25.5. The third kappa shape index (κ3) is 31.8. The molecular formula is C33H47Y-. The van der Waals surface area contributed by atoms with E-state index < -0.39 is 0 Å². The van der Waals surface area contributed by atoms with Crippen molar-refractivity contribution in [3.05, 3.63) is 121 Å². The van der Waals surface area contributed by atoms with E-state index in [2.05, 4.69) is 50.1 Å². The maximum atomic E-state index is 5.25. The Kier molecular flexibility index (Phi) is 58.9. The first-order valence-electron chi connectivity index (χ1n) is 11.3. The van der Waals surface area contributed by atoms with E-state index in [1.807, 2.05) is 114 Å². The van der Waals surface area contributed by atoms with Crippen molar-refractivity contribution >= 4 is 6.08 Å². The van der Waals surface area contributed by atoms with Crippen molar-refractivity contribution in [2.24, 2.45) is 0 Å². The predicted molar refractivity (Wildman–Crippen MR) is 156 cm³/mol. The van der Waals surface area contributed by atoms with Crippen LogP contribution in [0.4, 0.5) is 0 Å². The minimum Gasteiger partial charge on any atom is -0.697 e. The Labute approximate surface area is 239 Å². The standard InChI is InChI=1S/C8H10.C8H8.C8H6.3C2H6.C2H.CH4.Y/c3*1-2-8-6-4-3-5-7-8;4*1-2;;/h3-7H,2H2,1H3;2-7H,1H2;1,3-7H;3*1-2H3;1H;1H4;/q;;;;;;-1;;. The molecule has 34 heavy (non-hydrogen) atoms. The summed E-state index contributed by atoms with van der Waals surface area (Å²) in [7, 11) is 0. The molecular weight excluding hydrogens is 485 g/mol. The number of terminal acetylenes is 2. The molecule has 1 heteroatoms. The molecule has 0 atom stereocenters. The van der Waals surface area contributed by atoms with Crippen LogP contribution in [0, 0.1) is 25.2 Å². The van der Waals surface area contributed by atoms with Crippen LogP contribution in [0.15, 0.2) is 97.6 Å². The molecule has 0 aliphatic carbocycles. The van der Waals surface area contributed by atoms with Gasteiger partial charge < -0.3 is 12.8 Å². The molecule has 0 unspecified atom stereocenters. The van der Waals surface area contributed by atoms with Crippen molar-refractivity contribution < 1.29 is 32.7 Å². The van der Waals surface area contributed by atoms with Crippen LogP contribution < -0.4 is 0 Å². The quantitative estimate of drug-likeness (QED) is 0.228. The van der Waals surface area contributed by atoms with Gasteiger partial charge in [0.2, 0.25) is 0 Å². The van der Waals surface area contributed by atoms with Gasteiger partial charge >= 0.3 is 0 Å². The van der Waals surface area contributed by atoms with E-state index in [0.717, 1.165) is 12.0 Å². The maximum absolute atomic E-state index is 5.25. The monoisotopic (exact) mass is 532 g/mol. The zero-order valence-corrected chi connectivity index (χ0v) is 24.7. The molecule has 0 aliphatic heterocycles. The van der Waals surface area contributed by atoms with Crippen LogP contribution in [0.2, 0.25) is 0 Å². The Morgan fingerprint density at radius 1 is 0.706 bits per heavy atom. The van der Waals surface area contributed by atoms with Crippen molar-refractivity contribution in [2.75, 3.05) is 0 Å². The second-order valence-electron chi connectivity index (χ2n) is 4.96. The zero-order valence-electron chi connectivity index (χ0n) is 21.9. The van der Waals surface area contributed by atoms with E-state index in [-0.39, 0.29) is 40.1 Å². The van der Waals surface area contributed by atoms with Crippen LogP contribution in [0.25, 0.3) is 6.08 Å². The van der Waals surface area contributed by atoms with Gasteiger partial charge in [0.15, 0.2) is 0 Å². The molecule has 3 rings (SSSR count). The molecule has 0 nitrogen and oxygen atoms in total. The van der Waals surface area contributed by atoms with Gasteiger partial charge in [-0.3, -0.25) is 0 Å². The summed E-state index contributed by atoms with van der Waals surface area (Å²) in [6, 6.07) is 30.1. The van der Waals surface area contributed by atoms with E-state index in [0.29, 0.717) is 0 Å². The smallest absolute Gasteiger partial charge is 0.0242 e. The fraction of sp³-hybridized carbons (Fsp3) is 0.273. The second kappa shape index (κ2) is 44.3. The summed E-state index contributed by atoms with van der Waals surface area (Å²) in [4.78, 5) is 0. The van der Waals surface area contributed by atoms with E-state index in [4.69, 9.17) is 12.8 Å². The number of aryl methyl sites for hydroxylation is 1. The molecule has 183 valence electrons. The average molecular weight is 533 g/mol. The summed E-state index contributed by atoms with van der Waals surface area (Å²) in [6.07, 6.45) is 17.1. The van der Waals surface area contributed by atoms with Crippen molar-refractivity contribution in [3.63, 3.8) is 0 Å². The fourth-order valence-electron chi connectivity index (χ4n) is 1.84. The molecule has 0 N–H and O–H groups in total. The first-order chi connectivity index (χ1) is 15.8.